The highest BCUT2D eigenvalue weighted by molar-refractivity contribution is 5.39. The summed E-state index contributed by atoms with van der Waals surface area (Å²) >= 11 is 0. The molecule has 0 bridgehead atoms. The second-order valence-corrected chi connectivity index (χ2v) is 5.67. The summed E-state index contributed by atoms with van der Waals surface area (Å²) in [7, 11) is 0. The van der Waals surface area contributed by atoms with Crippen LogP contribution < -0.4 is 4.90 Å². The summed E-state index contributed by atoms with van der Waals surface area (Å²) in [5.74, 6) is 0.184. The molecule has 1 aliphatic heterocycles. The monoisotopic (exact) mass is 273 g/mol. The van der Waals surface area contributed by atoms with E-state index >= 15 is 0 Å². The first-order valence-electron chi connectivity index (χ1n) is 7.65. The summed E-state index contributed by atoms with van der Waals surface area (Å²) in [5.41, 5.74) is 1.57. The Hall–Kier alpha value is -1.37. The lowest BCUT2D eigenvalue weighted by Gasteiger charge is -2.38. The Labute approximate surface area is 122 Å². The molecule has 1 aliphatic rings. The number of benzene rings is 1. The molecule has 3 heteroatoms. The van der Waals surface area contributed by atoms with Crippen LogP contribution in [0.3, 0.4) is 0 Å². The van der Waals surface area contributed by atoms with Crippen molar-refractivity contribution >= 4 is 0 Å². The van der Waals surface area contributed by atoms with Crippen molar-refractivity contribution < 1.29 is 9.64 Å². The number of hydrogen-bond acceptors (Lipinski definition) is 2. The molecule has 2 unspecified atom stereocenters. The lowest BCUT2D eigenvalue weighted by Crippen LogP contribution is -3.12. The lowest BCUT2D eigenvalue weighted by atomic mass is 9.78. The third-order valence-corrected chi connectivity index (χ3v) is 4.57. The van der Waals surface area contributed by atoms with Gasteiger partial charge in [0, 0.05) is 5.56 Å². The van der Waals surface area contributed by atoms with Crippen molar-refractivity contribution in [3.8, 4) is 6.07 Å². The molecule has 0 aliphatic carbocycles. The molecule has 1 N–H and O–H groups in total. The van der Waals surface area contributed by atoms with Gasteiger partial charge in [0.05, 0.1) is 32.2 Å². The number of quaternary nitrogens is 1. The standard InChI is InChI=1S/C17H24N2O/c1-4-19(5-2)12-14(3)17(13-18)16-9-7-6-8-15(16)10-11-20-17/h6-9,14H,4-5,10-12H2,1-3H3/p+1. The molecule has 3 nitrogen and oxygen atoms in total. The van der Waals surface area contributed by atoms with Crippen LogP contribution in [-0.4, -0.2) is 26.2 Å². The van der Waals surface area contributed by atoms with Crippen LogP contribution >= 0.6 is 0 Å². The van der Waals surface area contributed by atoms with Gasteiger partial charge in [0.15, 0.2) is 5.60 Å². The van der Waals surface area contributed by atoms with E-state index in [1.54, 1.807) is 0 Å². The van der Waals surface area contributed by atoms with Crippen molar-refractivity contribution in [1.29, 1.82) is 5.26 Å². The number of nitrogens with one attached hydrogen (secondary N) is 1. The zero-order valence-corrected chi connectivity index (χ0v) is 12.8. The van der Waals surface area contributed by atoms with Crippen LogP contribution in [0.2, 0.25) is 0 Å². The van der Waals surface area contributed by atoms with Gasteiger partial charge >= 0.3 is 0 Å². The Morgan fingerprint density at radius 2 is 2.05 bits per heavy atom. The predicted octanol–water partition coefficient (Wildman–Crippen LogP) is 1.54. The Morgan fingerprint density at radius 3 is 2.70 bits per heavy atom. The van der Waals surface area contributed by atoms with E-state index in [4.69, 9.17) is 4.74 Å². The summed E-state index contributed by atoms with van der Waals surface area (Å²) in [6.45, 7) is 10.3. The van der Waals surface area contributed by atoms with E-state index in [9.17, 15) is 5.26 Å². The molecule has 0 radical (unpaired) electrons. The van der Waals surface area contributed by atoms with E-state index < -0.39 is 5.60 Å². The maximum atomic E-state index is 9.83. The Balaban J connectivity index is 2.33. The van der Waals surface area contributed by atoms with E-state index in [1.807, 2.05) is 12.1 Å². The molecule has 1 aromatic rings. The number of fused-ring (bicyclic) bond motifs is 1. The molecular weight excluding hydrogens is 248 g/mol. The molecule has 108 valence electrons. The molecule has 0 saturated heterocycles. The molecule has 0 amide bonds. The van der Waals surface area contributed by atoms with E-state index in [0.29, 0.717) is 6.61 Å². The van der Waals surface area contributed by atoms with Gasteiger partial charge in [-0.1, -0.05) is 31.2 Å². The van der Waals surface area contributed by atoms with Crippen molar-refractivity contribution in [3.63, 3.8) is 0 Å². The van der Waals surface area contributed by atoms with Crippen molar-refractivity contribution in [2.75, 3.05) is 26.2 Å². The van der Waals surface area contributed by atoms with Crippen LogP contribution in [0.5, 0.6) is 0 Å². The fraction of sp³-hybridized carbons (Fsp3) is 0.588. The van der Waals surface area contributed by atoms with Gasteiger partial charge in [0.1, 0.15) is 6.07 Å². The molecule has 2 atom stereocenters. The Kier molecular flexibility index (Phi) is 4.80. The van der Waals surface area contributed by atoms with Gasteiger partial charge in [-0.25, -0.2) is 0 Å². The van der Waals surface area contributed by atoms with Crippen molar-refractivity contribution in [3.05, 3.63) is 35.4 Å². The fourth-order valence-electron chi connectivity index (χ4n) is 3.23. The minimum Gasteiger partial charge on any atom is -0.355 e. The van der Waals surface area contributed by atoms with Crippen LogP contribution in [-0.2, 0) is 16.8 Å². The minimum absolute atomic E-state index is 0.184. The SMILES string of the molecule is CC[NH+](CC)CC(C)C1(C#N)OCCc2ccccc21. The third-order valence-electron chi connectivity index (χ3n) is 4.57. The molecule has 0 fully saturated rings. The number of hydrogen-bond donors (Lipinski definition) is 1. The third kappa shape index (κ3) is 2.59. The van der Waals surface area contributed by atoms with E-state index in [-0.39, 0.29) is 5.92 Å². The number of rotatable bonds is 5. The maximum Gasteiger partial charge on any atom is 0.187 e. The van der Waals surface area contributed by atoms with E-state index in [2.05, 4.69) is 39.0 Å². The molecule has 0 saturated carbocycles. The van der Waals surface area contributed by atoms with E-state index in [0.717, 1.165) is 31.6 Å². The second-order valence-electron chi connectivity index (χ2n) is 5.67. The van der Waals surface area contributed by atoms with Crippen LogP contribution in [0, 0.1) is 17.2 Å². The van der Waals surface area contributed by atoms with Gasteiger partial charge < -0.3 is 9.64 Å². The summed E-state index contributed by atoms with van der Waals surface area (Å²) < 4.78 is 6.02. The number of nitriles is 1. The van der Waals surface area contributed by atoms with Crippen molar-refractivity contribution in [2.45, 2.75) is 32.8 Å². The average Bonchev–Trinajstić information content (AvgIpc) is 2.51. The van der Waals surface area contributed by atoms with Crippen LogP contribution in [0.25, 0.3) is 0 Å². The molecule has 20 heavy (non-hydrogen) atoms. The van der Waals surface area contributed by atoms with Crippen molar-refractivity contribution in [2.24, 2.45) is 5.92 Å². The smallest absolute Gasteiger partial charge is 0.187 e. The highest BCUT2D eigenvalue weighted by atomic mass is 16.5. The predicted molar refractivity (Wildman–Crippen MR) is 79.5 cm³/mol. The summed E-state index contributed by atoms with van der Waals surface area (Å²) in [6, 6.07) is 10.7. The van der Waals surface area contributed by atoms with Crippen molar-refractivity contribution in [1.82, 2.24) is 0 Å². The van der Waals surface area contributed by atoms with E-state index in [1.165, 1.54) is 10.5 Å². The molecule has 0 spiro atoms. The quantitative estimate of drug-likeness (QED) is 0.883. The van der Waals surface area contributed by atoms with Gasteiger partial charge in [-0.2, -0.15) is 5.26 Å². The summed E-state index contributed by atoms with van der Waals surface area (Å²) in [5, 5.41) is 9.83. The zero-order chi connectivity index (χ0) is 14.6. The van der Waals surface area contributed by atoms with Crippen LogP contribution in [0.1, 0.15) is 31.9 Å². The molecule has 1 heterocycles. The first kappa shape index (κ1) is 15.0. The normalized spacial score (nSPS) is 23.1. The molecule has 1 aromatic carbocycles. The second kappa shape index (κ2) is 6.39. The van der Waals surface area contributed by atoms with Gasteiger partial charge in [0.25, 0.3) is 0 Å². The number of nitrogens with zero attached hydrogens (tertiary/aromatic N) is 1. The highest BCUT2D eigenvalue weighted by Gasteiger charge is 2.44. The lowest BCUT2D eigenvalue weighted by molar-refractivity contribution is -0.900. The summed E-state index contributed by atoms with van der Waals surface area (Å²) in [4.78, 5) is 1.51. The van der Waals surface area contributed by atoms with Crippen LogP contribution in [0.4, 0.5) is 0 Å². The number of ether oxygens (including phenoxy) is 1. The molecule has 0 aromatic heterocycles. The largest absolute Gasteiger partial charge is 0.355 e. The summed E-state index contributed by atoms with van der Waals surface area (Å²) in [6.07, 6.45) is 0.907. The first-order chi connectivity index (χ1) is 9.67. The average molecular weight is 273 g/mol. The first-order valence-corrected chi connectivity index (χ1v) is 7.65. The fourth-order valence-corrected chi connectivity index (χ4v) is 3.23. The minimum atomic E-state index is -0.773. The molecular formula is C17H25N2O+. The van der Waals surface area contributed by atoms with Gasteiger partial charge in [-0.15, -0.1) is 0 Å². The Morgan fingerprint density at radius 1 is 1.35 bits per heavy atom. The van der Waals surface area contributed by atoms with Crippen LogP contribution in [0.15, 0.2) is 24.3 Å². The van der Waals surface area contributed by atoms with Gasteiger partial charge in [0.2, 0.25) is 0 Å². The molecule has 2 rings (SSSR count). The zero-order valence-electron chi connectivity index (χ0n) is 12.8. The topological polar surface area (TPSA) is 37.5 Å². The van der Waals surface area contributed by atoms with Gasteiger partial charge in [-0.3, -0.25) is 0 Å². The maximum absolute atomic E-state index is 9.83. The Bertz CT molecular complexity index is 490. The van der Waals surface area contributed by atoms with Gasteiger partial charge in [-0.05, 0) is 25.8 Å². The highest BCUT2D eigenvalue weighted by Crippen LogP contribution is 2.38.